The van der Waals surface area contributed by atoms with E-state index in [1.165, 1.54) is 0 Å². The molecule has 0 saturated heterocycles. The van der Waals surface area contributed by atoms with Crippen molar-refractivity contribution in [1.82, 2.24) is 9.78 Å². The van der Waals surface area contributed by atoms with Crippen molar-refractivity contribution in [3.8, 4) is 0 Å². The van der Waals surface area contributed by atoms with Gasteiger partial charge in [-0.2, -0.15) is 5.10 Å². The molecule has 1 heterocycles. The quantitative estimate of drug-likeness (QED) is 0.773. The molecule has 1 rings (SSSR count). The Labute approximate surface area is 84.1 Å². The molecule has 0 spiro atoms. The van der Waals surface area contributed by atoms with E-state index in [4.69, 9.17) is 5.73 Å². The monoisotopic (exact) mass is 195 g/mol. The molecule has 0 aromatic carbocycles. The second-order valence-electron chi connectivity index (χ2n) is 4.34. The summed E-state index contributed by atoms with van der Waals surface area (Å²) in [6.07, 6.45) is 0. The Hall–Kier alpha value is -1.32. The minimum atomic E-state index is -0.421. The smallest absolute Gasteiger partial charge is 0.266 e. The van der Waals surface area contributed by atoms with Crippen molar-refractivity contribution in [2.24, 2.45) is 5.73 Å². The first-order chi connectivity index (χ1) is 6.36. The lowest BCUT2D eigenvalue weighted by Gasteiger charge is -2.13. The summed E-state index contributed by atoms with van der Waals surface area (Å²) in [5.41, 5.74) is 6.58. The van der Waals surface area contributed by atoms with Gasteiger partial charge in [-0.25, -0.2) is 0 Å². The molecule has 14 heavy (non-hydrogen) atoms. The maximum Gasteiger partial charge on any atom is 0.266 e. The van der Waals surface area contributed by atoms with Crippen LogP contribution < -0.4 is 5.73 Å². The van der Waals surface area contributed by atoms with Crippen molar-refractivity contribution >= 4 is 5.91 Å². The molecule has 0 bridgehead atoms. The van der Waals surface area contributed by atoms with Crippen molar-refractivity contribution in [3.63, 3.8) is 0 Å². The standard InChI is InChI=1S/C10H17N3O/c1-5-13-7(9(11)14)6-8(12-13)10(2,3)4/h6H,5H2,1-4H3,(H2,11,14). The predicted octanol–water partition coefficient (Wildman–Crippen LogP) is 1.30. The van der Waals surface area contributed by atoms with Crippen LogP contribution in [0.2, 0.25) is 0 Å². The number of nitrogens with zero attached hydrogens (tertiary/aromatic N) is 2. The molecule has 0 radical (unpaired) electrons. The van der Waals surface area contributed by atoms with E-state index in [0.29, 0.717) is 12.2 Å². The molecular weight excluding hydrogens is 178 g/mol. The van der Waals surface area contributed by atoms with Gasteiger partial charge in [-0.05, 0) is 13.0 Å². The zero-order chi connectivity index (χ0) is 10.9. The summed E-state index contributed by atoms with van der Waals surface area (Å²) in [5, 5.41) is 4.34. The predicted molar refractivity (Wildman–Crippen MR) is 55.1 cm³/mol. The van der Waals surface area contributed by atoms with Gasteiger partial charge in [-0.3, -0.25) is 9.48 Å². The molecule has 0 aliphatic carbocycles. The van der Waals surface area contributed by atoms with E-state index in [-0.39, 0.29) is 5.41 Å². The van der Waals surface area contributed by atoms with Crippen molar-refractivity contribution in [1.29, 1.82) is 0 Å². The van der Waals surface area contributed by atoms with Crippen molar-refractivity contribution in [2.45, 2.75) is 39.7 Å². The number of rotatable bonds is 2. The largest absolute Gasteiger partial charge is 0.364 e. The molecule has 1 aromatic rings. The molecule has 1 amide bonds. The number of aromatic nitrogens is 2. The van der Waals surface area contributed by atoms with E-state index < -0.39 is 5.91 Å². The lowest BCUT2D eigenvalue weighted by molar-refractivity contribution is 0.0990. The van der Waals surface area contributed by atoms with E-state index in [0.717, 1.165) is 5.69 Å². The highest BCUT2D eigenvalue weighted by molar-refractivity contribution is 5.91. The molecule has 0 fully saturated rings. The van der Waals surface area contributed by atoms with E-state index >= 15 is 0 Å². The van der Waals surface area contributed by atoms with Crippen molar-refractivity contribution in [2.75, 3.05) is 0 Å². The van der Waals surface area contributed by atoms with Gasteiger partial charge in [0, 0.05) is 12.0 Å². The van der Waals surface area contributed by atoms with Crippen LogP contribution in [0.25, 0.3) is 0 Å². The summed E-state index contributed by atoms with van der Waals surface area (Å²) in [6, 6.07) is 1.77. The summed E-state index contributed by atoms with van der Waals surface area (Å²) in [5.74, 6) is -0.421. The molecular formula is C10H17N3O. The molecule has 0 aliphatic heterocycles. The fraction of sp³-hybridized carbons (Fsp3) is 0.600. The van der Waals surface area contributed by atoms with Crippen LogP contribution in [0.4, 0.5) is 0 Å². The van der Waals surface area contributed by atoms with Crippen LogP contribution in [0.15, 0.2) is 6.07 Å². The normalized spacial score (nSPS) is 11.7. The van der Waals surface area contributed by atoms with Gasteiger partial charge in [-0.1, -0.05) is 20.8 Å². The third-order valence-corrected chi connectivity index (χ3v) is 2.10. The summed E-state index contributed by atoms with van der Waals surface area (Å²) in [4.78, 5) is 11.1. The number of amides is 1. The molecule has 0 saturated carbocycles. The average Bonchev–Trinajstić information content (AvgIpc) is 2.45. The first kappa shape index (κ1) is 10.8. The van der Waals surface area contributed by atoms with Crippen LogP contribution in [0, 0.1) is 0 Å². The number of primary amides is 1. The molecule has 1 aromatic heterocycles. The molecule has 4 nitrogen and oxygen atoms in total. The fourth-order valence-corrected chi connectivity index (χ4v) is 1.22. The van der Waals surface area contributed by atoms with Gasteiger partial charge in [0.1, 0.15) is 5.69 Å². The second kappa shape index (κ2) is 3.44. The van der Waals surface area contributed by atoms with Gasteiger partial charge in [0.15, 0.2) is 0 Å². The second-order valence-corrected chi connectivity index (χ2v) is 4.34. The highest BCUT2D eigenvalue weighted by Gasteiger charge is 2.20. The lowest BCUT2D eigenvalue weighted by atomic mass is 9.92. The van der Waals surface area contributed by atoms with E-state index in [9.17, 15) is 4.79 Å². The molecule has 0 aliphatic rings. The summed E-state index contributed by atoms with van der Waals surface area (Å²) in [6.45, 7) is 8.76. The lowest BCUT2D eigenvalue weighted by Crippen LogP contribution is -2.17. The number of aryl methyl sites for hydroxylation is 1. The SMILES string of the molecule is CCn1nc(C(C)(C)C)cc1C(N)=O. The zero-order valence-electron chi connectivity index (χ0n) is 9.16. The maximum atomic E-state index is 11.1. The van der Waals surface area contributed by atoms with Gasteiger partial charge in [0.2, 0.25) is 0 Å². The summed E-state index contributed by atoms with van der Waals surface area (Å²) >= 11 is 0. The van der Waals surface area contributed by atoms with Crippen LogP contribution in [0.1, 0.15) is 43.9 Å². The van der Waals surface area contributed by atoms with Crippen LogP contribution in [-0.4, -0.2) is 15.7 Å². The van der Waals surface area contributed by atoms with Gasteiger partial charge < -0.3 is 5.73 Å². The van der Waals surface area contributed by atoms with E-state index in [1.54, 1.807) is 10.7 Å². The maximum absolute atomic E-state index is 11.1. The number of carbonyl (C=O) groups is 1. The minimum Gasteiger partial charge on any atom is -0.364 e. The molecule has 4 heteroatoms. The van der Waals surface area contributed by atoms with Crippen LogP contribution >= 0.6 is 0 Å². The Balaban J connectivity index is 3.20. The summed E-state index contributed by atoms with van der Waals surface area (Å²) < 4.78 is 1.64. The Morgan fingerprint density at radius 3 is 2.43 bits per heavy atom. The summed E-state index contributed by atoms with van der Waals surface area (Å²) in [7, 11) is 0. The van der Waals surface area contributed by atoms with Gasteiger partial charge in [-0.15, -0.1) is 0 Å². The highest BCUT2D eigenvalue weighted by atomic mass is 16.1. The molecule has 2 N–H and O–H groups in total. The average molecular weight is 195 g/mol. The van der Waals surface area contributed by atoms with Crippen LogP contribution in [0.5, 0.6) is 0 Å². The van der Waals surface area contributed by atoms with Crippen LogP contribution in [0.3, 0.4) is 0 Å². The topological polar surface area (TPSA) is 60.9 Å². The Morgan fingerprint density at radius 2 is 2.14 bits per heavy atom. The Kier molecular flexibility index (Phi) is 2.64. The first-order valence-corrected chi connectivity index (χ1v) is 4.74. The van der Waals surface area contributed by atoms with Gasteiger partial charge in [0.25, 0.3) is 5.91 Å². The molecule has 78 valence electrons. The van der Waals surface area contributed by atoms with E-state index in [2.05, 4.69) is 25.9 Å². The van der Waals surface area contributed by atoms with Crippen LogP contribution in [-0.2, 0) is 12.0 Å². The highest BCUT2D eigenvalue weighted by Crippen LogP contribution is 2.21. The number of hydrogen-bond donors (Lipinski definition) is 1. The fourth-order valence-electron chi connectivity index (χ4n) is 1.22. The van der Waals surface area contributed by atoms with E-state index in [1.807, 2.05) is 6.92 Å². The molecule has 0 atom stereocenters. The third kappa shape index (κ3) is 1.95. The minimum absolute atomic E-state index is 0.0510. The third-order valence-electron chi connectivity index (χ3n) is 2.10. The number of hydrogen-bond acceptors (Lipinski definition) is 2. The number of nitrogens with two attached hydrogens (primary N) is 1. The Morgan fingerprint density at radius 1 is 1.57 bits per heavy atom. The van der Waals surface area contributed by atoms with Gasteiger partial charge >= 0.3 is 0 Å². The first-order valence-electron chi connectivity index (χ1n) is 4.74. The van der Waals surface area contributed by atoms with Gasteiger partial charge in [0.05, 0.1) is 5.69 Å². The molecule has 0 unspecified atom stereocenters. The number of carbonyl (C=O) groups excluding carboxylic acids is 1. The van der Waals surface area contributed by atoms with Crippen molar-refractivity contribution in [3.05, 3.63) is 17.5 Å². The zero-order valence-corrected chi connectivity index (χ0v) is 9.16. The Bertz CT molecular complexity index is 347. The van der Waals surface area contributed by atoms with Crippen molar-refractivity contribution < 1.29 is 4.79 Å².